The van der Waals surface area contributed by atoms with E-state index in [1.165, 1.54) is 4.90 Å². The number of hydrogen-bond donors (Lipinski definition) is 2. The zero-order valence-electron chi connectivity index (χ0n) is 8.17. The number of nitrogens with zero attached hydrogens (tertiary/aromatic N) is 3. The van der Waals surface area contributed by atoms with E-state index < -0.39 is 11.9 Å². The lowest BCUT2D eigenvalue weighted by Crippen LogP contribution is -2.39. The third-order valence-corrected chi connectivity index (χ3v) is 2.29. The first-order valence-electron chi connectivity index (χ1n) is 4.44. The maximum absolute atomic E-state index is 11.5. The number of amides is 3. The molecule has 3 N–H and O–H groups in total. The summed E-state index contributed by atoms with van der Waals surface area (Å²) in [7, 11) is 1.77. The summed E-state index contributed by atoms with van der Waals surface area (Å²) in [4.78, 5) is 27.8. The Morgan fingerprint density at radius 3 is 2.93 bits per heavy atom. The minimum absolute atomic E-state index is 0.221. The molecule has 80 valence electrons. The molecule has 7 heteroatoms. The Balaban J connectivity index is 2.22. The van der Waals surface area contributed by atoms with Crippen LogP contribution in [0.2, 0.25) is 0 Å². The van der Waals surface area contributed by atoms with Gasteiger partial charge in [0, 0.05) is 19.4 Å². The molecule has 7 nitrogen and oxygen atoms in total. The molecule has 0 radical (unpaired) electrons. The fraction of sp³-hybridized carbons (Fsp3) is 0.375. The second kappa shape index (κ2) is 3.26. The van der Waals surface area contributed by atoms with Crippen LogP contribution in [-0.4, -0.2) is 34.1 Å². The Morgan fingerprint density at radius 1 is 1.73 bits per heavy atom. The number of nitrogens with one attached hydrogen (secondary N) is 1. The van der Waals surface area contributed by atoms with Gasteiger partial charge < -0.3 is 15.6 Å². The minimum Gasteiger partial charge on any atom is -0.368 e. The van der Waals surface area contributed by atoms with Gasteiger partial charge in [0.05, 0.1) is 6.54 Å². The van der Waals surface area contributed by atoms with Crippen molar-refractivity contribution < 1.29 is 9.59 Å². The lowest BCUT2D eigenvalue weighted by molar-refractivity contribution is -0.119. The molecule has 1 aromatic heterocycles. The average Bonchev–Trinajstić information content (AvgIpc) is 2.71. The molecule has 1 atom stereocenters. The van der Waals surface area contributed by atoms with E-state index in [1.54, 1.807) is 24.0 Å². The number of primary amides is 1. The van der Waals surface area contributed by atoms with E-state index in [9.17, 15) is 9.59 Å². The number of aromatic nitrogens is 2. The van der Waals surface area contributed by atoms with Crippen molar-refractivity contribution in [1.29, 1.82) is 0 Å². The van der Waals surface area contributed by atoms with Gasteiger partial charge in [-0.1, -0.05) is 0 Å². The van der Waals surface area contributed by atoms with Gasteiger partial charge in [0.25, 0.3) is 0 Å². The molecular formula is C8H11N5O2. The van der Waals surface area contributed by atoms with Crippen molar-refractivity contribution in [2.75, 3.05) is 11.4 Å². The molecule has 1 saturated heterocycles. The smallest absolute Gasteiger partial charge is 0.325 e. The van der Waals surface area contributed by atoms with E-state index >= 15 is 0 Å². The Labute approximate surface area is 85.9 Å². The van der Waals surface area contributed by atoms with Crippen molar-refractivity contribution >= 4 is 17.9 Å². The van der Waals surface area contributed by atoms with Crippen LogP contribution in [-0.2, 0) is 11.8 Å². The van der Waals surface area contributed by atoms with E-state index in [0.717, 1.165) is 0 Å². The van der Waals surface area contributed by atoms with E-state index in [0.29, 0.717) is 5.95 Å². The van der Waals surface area contributed by atoms with E-state index in [-0.39, 0.29) is 12.6 Å². The Kier molecular flexibility index (Phi) is 2.07. The maximum atomic E-state index is 11.5. The summed E-state index contributed by atoms with van der Waals surface area (Å²) >= 11 is 0. The third-order valence-electron chi connectivity index (χ3n) is 2.29. The summed E-state index contributed by atoms with van der Waals surface area (Å²) in [5.41, 5.74) is 5.11. The molecule has 0 saturated carbocycles. The summed E-state index contributed by atoms with van der Waals surface area (Å²) in [6.07, 6.45) is 3.31. The highest BCUT2D eigenvalue weighted by molar-refractivity contribution is 5.98. The number of nitrogens with two attached hydrogens (primary N) is 1. The first-order valence-corrected chi connectivity index (χ1v) is 4.44. The second-order valence-electron chi connectivity index (χ2n) is 3.35. The number of aryl methyl sites for hydroxylation is 1. The van der Waals surface area contributed by atoms with Crippen LogP contribution in [0.1, 0.15) is 0 Å². The molecule has 1 aliphatic rings. The molecule has 0 bridgehead atoms. The highest BCUT2D eigenvalue weighted by atomic mass is 16.2. The molecule has 2 rings (SSSR count). The Bertz CT molecular complexity index is 413. The predicted octanol–water partition coefficient (Wildman–Crippen LogP) is -1.20. The van der Waals surface area contributed by atoms with Gasteiger partial charge in [0.15, 0.2) is 0 Å². The molecule has 1 aliphatic heterocycles. The van der Waals surface area contributed by atoms with Gasteiger partial charge in [0.1, 0.15) is 6.04 Å². The van der Waals surface area contributed by atoms with E-state index in [4.69, 9.17) is 5.73 Å². The standard InChI is InChI=1S/C8H11N5O2/c1-12-3-2-10-7(12)13-4-5(6(9)14)11-8(13)15/h2-3,5H,4H2,1H3,(H2,9,14)(H,11,15). The first-order chi connectivity index (χ1) is 7.09. The number of rotatable bonds is 2. The number of imidazole rings is 1. The second-order valence-corrected chi connectivity index (χ2v) is 3.35. The monoisotopic (exact) mass is 209 g/mol. The lowest BCUT2D eigenvalue weighted by Gasteiger charge is -2.12. The molecule has 0 aromatic carbocycles. The van der Waals surface area contributed by atoms with Crippen LogP contribution in [0.4, 0.5) is 10.7 Å². The molecule has 1 fully saturated rings. The van der Waals surface area contributed by atoms with Gasteiger partial charge in [-0.05, 0) is 0 Å². The topological polar surface area (TPSA) is 93.2 Å². The molecule has 0 spiro atoms. The molecule has 3 amide bonds. The van der Waals surface area contributed by atoms with Gasteiger partial charge in [0.2, 0.25) is 11.9 Å². The summed E-state index contributed by atoms with van der Waals surface area (Å²) in [6, 6.07) is -0.998. The van der Waals surface area contributed by atoms with Crippen LogP contribution in [0.5, 0.6) is 0 Å². The summed E-state index contributed by atoms with van der Waals surface area (Å²) in [5.74, 6) is -0.0451. The number of urea groups is 1. The Hall–Kier alpha value is -2.05. The average molecular weight is 209 g/mol. The fourth-order valence-electron chi connectivity index (χ4n) is 1.49. The van der Waals surface area contributed by atoms with Gasteiger partial charge in [-0.15, -0.1) is 0 Å². The van der Waals surface area contributed by atoms with Crippen molar-refractivity contribution in [2.24, 2.45) is 12.8 Å². The zero-order chi connectivity index (χ0) is 11.0. The van der Waals surface area contributed by atoms with Crippen molar-refractivity contribution in [3.8, 4) is 0 Å². The van der Waals surface area contributed by atoms with Gasteiger partial charge >= 0.3 is 6.03 Å². The fourth-order valence-corrected chi connectivity index (χ4v) is 1.49. The number of carbonyl (C=O) groups excluding carboxylic acids is 2. The van der Waals surface area contributed by atoms with Crippen molar-refractivity contribution in [1.82, 2.24) is 14.9 Å². The quantitative estimate of drug-likeness (QED) is 0.641. The maximum Gasteiger partial charge on any atom is 0.325 e. The number of carbonyl (C=O) groups is 2. The molecule has 2 heterocycles. The van der Waals surface area contributed by atoms with Crippen LogP contribution in [0, 0.1) is 0 Å². The Morgan fingerprint density at radius 2 is 2.47 bits per heavy atom. The molecule has 1 aromatic rings. The highest BCUT2D eigenvalue weighted by Gasteiger charge is 2.34. The van der Waals surface area contributed by atoms with Crippen LogP contribution in [0.3, 0.4) is 0 Å². The molecule has 0 aliphatic carbocycles. The van der Waals surface area contributed by atoms with Crippen molar-refractivity contribution in [3.05, 3.63) is 12.4 Å². The van der Waals surface area contributed by atoms with Crippen molar-refractivity contribution in [2.45, 2.75) is 6.04 Å². The highest BCUT2D eigenvalue weighted by Crippen LogP contribution is 2.14. The van der Waals surface area contributed by atoms with Crippen LogP contribution in [0.15, 0.2) is 12.4 Å². The third kappa shape index (κ3) is 1.51. The van der Waals surface area contributed by atoms with Gasteiger partial charge in [-0.2, -0.15) is 0 Å². The van der Waals surface area contributed by atoms with Crippen LogP contribution < -0.4 is 16.0 Å². The van der Waals surface area contributed by atoms with E-state index in [1.807, 2.05) is 0 Å². The minimum atomic E-state index is -0.644. The molecule has 15 heavy (non-hydrogen) atoms. The lowest BCUT2D eigenvalue weighted by atomic mass is 10.3. The molecular weight excluding hydrogens is 198 g/mol. The molecule has 1 unspecified atom stereocenters. The largest absolute Gasteiger partial charge is 0.368 e. The summed E-state index contributed by atoms with van der Waals surface area (Å²) in [6.45, 7) is 0.221. The van der Waals surface area contributed by atoms with Crippen LogP contribution >= 0.6 is 0 Å². The van der Waals surface area contributed by atoms with Crippen molar-refractivity contribution in [3.63, 3.8) is 0 Å². The zero-order valence-corrected chi connectivity index (χ0v) is 8.17. The summed E-state index contributed by atoms with van der Waals surface area (Å²) < 4.78 is 1.70. The summed E-state index contributed by atoms with van der Waals surface area (Å²) in [5, 5.41) is 2.48. The normalized spacial score (nSPS) is 20.5. The predicted molar refractivity (Wildman–Crippen MR) is 52.1 cm³/mol. The number of hydrogen-bond acceptors (Lipinski definition) is 3. The van der Waals surface area contributed by atoms with Gasteiger partial charge in [-0.25, -0.2) is 9.78 Å². The SMILES string of the molecule is Cn1ccnc1N1CC(C(N)=O)NC1=O. The van der Waals surface area contributed by atoms with E-state index in [2.05, 4.69) is 10.3 Å². The first kappa shape index (κ1) is 9.50. The van der Waals surface area contributed by atoms with Gasteiger partial charge in [-0.3, -0.25) is 9.69 Å². The van der Waals surface area contributed by atoms with Crippen LogP contribution in [0.25, 0.3) is 0 Å². The number of anilines is 1.